The number of carbonyl (C=O) groups is 3. The number of urea groups is 1. The third kappa shape index (κ3) is 4.94. The Kier molecular flexibility index (Phi) is 6.93. The van der Waals surface area contributed by atoms with Crippen LogP contribution in [0.15, 0.2) is 66.2 Å². The predicted molar refractivity (Wildman–Crippen MR) is 132 cm³/mol. The summed E-state index contributed by atoms with van der Waals surface area (Å²) >= 11 is 18.3. The van der Waals surface area contributed by atoms with Crippen molar-refractivity contribution in [3.8, 4) is 5.75 Å². The Hall–Kier alpha value is -3.32. The molecule has 4 rings (SSSR count). The molecule has 0 saturated carbocycles. The summed E-state index contributed by atoms with van der Waals surface area (Å²) in [4.78, 5) is 39.0. The van der Waals surface area contributed by atoms with Crippen LogP contribution in [0.4, 0.5) is 10.5 Å². The van der Waals surface area contributed by atoms with Crippen molar-refractivity contribution in [2.45, 2.75) is 13.5 Å². The van der Waals surface area contributed by atoms with Gasteiger partial charge in [0.25, 0.3) is 11.8 Å². The van der Waals surface area contributed by atoms with Crippen molar-refractivity contribution in [1.82, 2.24) is 5.32 Å². The minimum atomic E-state index is -0.838. The van der Waals surface area contributed by atoms with Gasteiger partial charge < -0.3 is 4.74 Å². The minimum absolute atomic E-state index is 0.197. The zero-order valence-electron chi connectivity index (χ0n) is 17.8. The molecule has 34 heavy (non-hydrogen) atoms. The largest absolute Gasteiger partial charge is 0.489 e. The van der Waals surface area contributed by atoms with Crippen molar-refractivity contribution in [2.24, 2.45) is 0 Å². The second-order valence-corrected chi connectivity index (χ2v) is 8.69. The van der Waals surface area contributed by atoms with Crippen LogP contribution >= 0.6 is 34.8 Å². The number of hydrogen-bond donors (Lipinski definition) is 1. The molecule has 1 aliphatic rings. The van der Waals surface area contributed by atoms with E-state index < -0.39 is 17.8 Å². The van der Waals surface area contributed by atoms with Crippen molar-refractivity contribution in [2.75, 3.05) is 4.90 Å². The summed E-state index contributed by atoms with van der Waals surface area (Å²) in [6, 6.07) is 16.0. The maximum Gasteiger partial charge on any atom is 0.335 e. The number of ether oxygens (including phenoxy) is 1. The average Bonchev–Trinajstić information content (AvgIpc) is 2.79. The highest BCUT2D eigenvalue weighted by atomic mass is 35.5. The normalized spacial score (nSPS) is 15.0. The van der Waals surface area contributed by atoms with E-state index in [-0.39, 0.29) is 12.2 Å². The molecular weight excluding hydrogens is 499 g/mol. The molecule has 3 aromatic carbocycles. The van der Waals surface area contributed by atoms with Gasteiger partial charge >= 0.3 is 6.03 Å². The third-order valence-corrected chi connectivity index (χ3v) is 6.16. The van der Waals surface area contributed by atoms with Crippen LogP contribution in [0.2, 0.25) is 15.1 Å². The number of halogens is 3. The van der Waals surface area contributed by atoms with Crippen molar-refractivity contribution < 1.29 is 19.1 Å². The fraction of sp³-hybridized carbons (Fsp3) is 0.0800. The Balaban J connectivity index is 1.60. The first-order valence-corrected chi connectivity index (χ1v) is 11.2. The monoisotopic (exact) mass is 514 g/mol. The molecule has 3 aromatic rings. The lowest BCUT2D eigenvalue weighted by Gasteiger charge is -2.27. The Morgan fingerprint density at radius 3 is 2.47 bits per heavy atom. The first-order valence-electron chi connectivity index (χ1n) is 10.1. The summed E-state index contributed by atoms with van der Waals surface area (Å²) in [6.45, 7) is 1.89. The number of nitrogens with zero attached hydrogens (tertiary/aromatic N) is 1. The number of rotatable bonds is 5. The molecule has 0 aliphatic carbocycles. The van der Waals surface area contributed by atoms with Gasteiger partial charge in [-0.3, -0.25) is 14.9 Å². The summed E-state index contributed by atoms with van der Waals surface area (Å²) < 4.78 is 5.81. The van der Waals surface area contributed by atoms with E-state index >= 15 is 0 Å². The molecule has 0 aromatic heterocycles. The van der Waals surface area contributed by atoms with E-state index in [1.807, 2.05) is 0 Å². The number of carbonyl (C=O) groups excluding carboxylic acids is 3. The highest BCUT2D eigenvalue weighted by Gasteiger charge is 2.37. The number of amides is 4. The van der Waals surface area contributed by atoms with Crippen molar-refractivity contribution in [3.63, 3.8) is 0 Å². The van der Waals surface area contributed by atoms with Gasteiger partial charge in [0, 0.05) is 20.6 Å². The summed E-state index contributed by atoms with van der Waals surface area (Å²) in [6.07, 6.45) is 1.40. The predicted octanol–water partition coefficient (Wildman–Crippen LogP) is 6.20. The topological polar surface area (TPSA) is 75.7 Å². The van der Waals surface area contributed by atoms with Gasteiger partial charge in [-0.05, 0) is 60.5 Å². The van der Waals surface area contributed by atoms with Gasteiger partial charge in [0.1, 0.15) is 17.9 Å². The first-order chi connectivity index (χ1) is 16.2. The lowest BCUT2D eigenvalue weighted by Crippen LogP contribution is -2.54. The molecule has 1 N–H and O–H groups in total. The van der Waals surface area contributed by atoms with Crippen LogP contribution in [0.25, 0.3) is 6.08 Å². The van der Waals surface area contributed by atoms with Crippen LogP contribution in [-0.2, 0) is 16.2 Å². The molecule has 1 aliphatic heterocycles. The quantitative estimate of drug-likeness (QED) is 0.324. The summed E-state index contributed by atoms with van der Waals surface area (Å²) in [5.41, 5.74) is 1.93. The number of benzene rings is 3. The summed E-state index contributed by atoms with van der Waals surface area (Å²) in [5.74, 6) is -1.04. The summed E-state index contributed by atoms with van der Waals surface area (Å²) in [5, 5.41) is 3.61. The molecule has 1 fully saturated rings. The smallest absolute Gasteiger partial charge is 0.335 e. The zero-order chi connectivity index (χ0) is 24.4. The highest BCUT2D eigenvalue weighted by molar-refractivity contribution is 6.40. The second-order valence-electron chi connectivity index (χ2n) is 7.44. The Labute approximate surface area is 210 Å². The van der Waals surface area contributed by atoms with E-state index in [1.165, 1.54) is 6.08 Å². The van der Waals surface area contributed by atoms with Gasteiger partial charge in [0.05, 0.1) is 5.69 Å². The SMILES string of the molecule is Cc1c(Cl)cccc1N1C(=O)NC(=O)/C(=C/c2cccc(OCc3ccc(Cl)cc3Cl)c2)C1=O. The fourth-order valence-electron chi connectivity index (χ4n) is 3.38. The van der Waals surface area contributed by atoms with E-state index in [0.29, 0.717) is 37.6 Å². The maximum absolute atomic E-state index is 13.2. The van der Waals surface area contributed by atoms with Gasteiger partial charge in [-0.1, -0.05) is 59.1 Å². The van der Waals surface area contributed by atoms with Crippen LogP contribution in [0, 0.1) is 6.92 Å². The van der Waals surface area contributed by atoms with Gasteiger partial charge in [-0.25, -0.2) is 9.69 Å². The molecule has 4 amide bonds. The van der Waals surface area contributed by atoms with E-state index in [9.17, 15) is 14.4 Å². The molecule has 1 saturated heterocycles. The molecule has 0 spiro atoms. The maximum atomic E-state index is 13.2. The van der Waals surface area contributed by atoms with Crippen LogP contribution in [0.1, 0.15) is 16.7 Å². The Bertz CT molecular complexity index is 1350. The minimum Gasteiger partial charge on any atom is -0.489 e. The van der Waals surface area contributed by atoms with Gasteiger partial charge in [-0.15, -0.1) is 0 Å². The molecular formula is C25H17Cl3N2O4. The highest BCUT2D eigenvalue weighted by Crippen LogP contribution is 2.30. The van der Waals surface area contributed by atoms with E-state index in [2.05, 4.69) is 5.32 Å². The number of nitrogens with one attached hydrogen (secondary N) is 1. The first kappa shape index (κ1) is 23.8. The zero-order valence-corrected chi connectivity index (χ0v) is 20.0. The fourth-order valence-corrected chi connectivity index (χ4v) is 4.01. The van der Waals surface area contributed by atoms with Crippen LogP contribution < -0.4 is 15.0 Å². The van der Waals surface area contributed by atoms with Crippen LogP contribution in [-0.4, -0.2) is 17.8 Å². The van der Waals surface area contributed by atoms with Gasteiger partial charge in [0.15, 0.2) is 0 Å². The lowest BCUT2D eigenvalue weighted by atomic mass is 10.1. The van der Waals surface area contributed by atoms with Crippen molar-refractivity contribution >= 4 is 64.4 Å². The molecule has 0 atom stereocenters. The van der Waals surface area contributed by atoms with Crippen molar-refractivity contribution in [3.05, 3.63) is 98.0 Å². The number of hydrogen-bond acceptors (Lipinski definition) is 4. The third-order valence-electron chi connectivity index (χ3n) is 5.16. The number of imide groups is 2. The van der Waals surface area contributed by atoms with Crippen LogP contribution in [0.5, 0.6) is 5.75 Å². The molecule has 0 bridgehead atoms. The molecule has 9 heteroatoms. The van der Waals surface area contributed by atoms with E-state index in [0.717, 1.165) is 10.5 Å². The average molecular weight is 516 g/mol. The molecule has 0 radical (unpaired) electrons. The van der Waals surface area contributed by atoms with Crippen molar-refractivity contribution in [1.29, 1.82) is 0 Å². The molecule has 6 nitrogen and oxygen atoms in total. The van der Waals surface area contributed by atoms with Gasteiger partial charge in [-0.2, -0.15) is 0 Å². The molecule has 172 valence electrons. The molecule has 0 unspecified atom stereocenters. The van der Waals surface area contributed by atoms with Crippen LogP contribution in [0.3, 0.4) is 0 Å². The van der Waals surface area contributed by atoms with E-state index in [4.69, 9.17) is 39.5 Å². The lowest BCUT2D eigenvalue weighted by molar-refractivity contribution is -0.122. The number of anilines is 1. The Morgan fingerprint density at radius 1 is 0.941 bits per heavy atom. The standard InChI is InChI=1S/C25H17Cl3N2O4/c1-14-20(27)6-3-7-22(14)30-24(32)19(23(31)29-25(30)33)11-15-4-2-5-18(10-15)34-13-16-8-9-17(26)12-21(16)28/h2-12H,13H2,1H3,(H,29,31,33)/b19-11-. The summed E-state index contributed by atoms with van der Waals surface area (Å²) in [7, 11) is 0. The molecule has 1 heterocycles. The van der Waals surface area contributed by atoms with E-state index in [1.54, 1.807) is 67.6 Å². The number of barbiturate groups is 1. The van der Waals surface area contributed by atoms with Gasteiger partial charge in [0.2, 0.25) is 0 Å². The second kappa shape index (κ2) is 9.89. The Morgan fingerprint density at radius 2 is 1.71 bits per heavy atom.